The van der Waals surface area contributed by atoms with Gasteiger partial charge in [0.25, 0.3) is 0 Å². The van der Waals surface area contributed by atoms with Crippen molar-refractivity contribution in [3.63, 3.8) is 0 Å². The zero-order chi connectivity index (χ0) is 18.6. The predicted molar refractivity (Wildman–Crippen MR) is 96.7 cm³/mol. The summed E-state index contributed by atoms with van der Waals surface area (Å²) < 4.78 is 16.1. The lowest BCUT2D eigenvalue weighted by Gasteiger charge is -2.34. The summed E-state index contributed by atoms with van der Waals surface area (Å²) in [5, 5.41) is 9.26. The Balaban J connectivity index is 1.68. The molecular weight excluding hydrogens is 346 g/mol. The van der Waals surface area contributed by atoms with Gasteiger partial charge in [-0.2, -0.15) is 20.2 Å². The molecule has 8 heteroatoms. The third-order valence-electron chi connectivity index (χ3n) is 4.95. The van der Waals surface area contributed by atoms with Gasteiger partial charge in [-0.15, -0.1) is 0 Å². The van der Waals surface area contributed by atoms with Crippen LogP contribution in [0.5, 0.6) is 17.5 Å². The lowest BCUT2D eigenvalue weighted by molar-refractivity contribution is 0.174. The lowest BCUT2D eigenvalue weighted by atomic mass is 9.94. The Bertz CT molecular complexity index is 861. The normalized spacial score (nSPS) is 16.0. The van der Waals surface area contributed by atoms with E-state index in [1.165, 1.54) is 26.4 Å². The maximum Gasteiger partial charge on any atom is 0.322 e. The van der Waals surface area contributed by atoms with Crippen molar-refractivity contribution in [1.82, 2.24) is 15.0 Å². The first kappa shape index (κ1) is 17.3. The van der Waals surface area contributed by atoms with Gasteiger partial charge >= 0.3 is 6.01 Å². The Morgan fingerprint density at radius 1 is 1.15 bits per heavy atom. The molecule has 1 aliphatic heterocycles. The number of nitrogens with zero attached hydrogens (tertiary/aromatic N) is 5. The number of hydrogen-bond donors (Lipinski definition) is 0. The van der Waals surface area contributed by atoms with E-state index in [1.807, 2.05) is 24.3 Å². The molecule has 4 rings (SSSR count). The first-order valence-electron chi connectivity index (χ1n) is 9.12. The number of aromatic nitrogens is 3. The molecule has 0 unspecified atom stereocenters. The number of methoxy groups -OCH3 is 1. The molecule has 0 amide bonds. The van der Waals surface area contributed by atoms with Crippen molar-refractivity contribution in [2.45, 2.75) is 44.7 Å². The number of rotatable bonds is 5. The van der Waals surface area contributed by atoms with Crippen LogP contribution in [0.25, 0.3) is 0 Å². The quantitative estimate of drug-likeness (QED) is 0.796. The molecule has 0 bridgehead atoms. The second-order valence-corrected chi connectivity index (χ2v) is 6.66. The number of nitriles is 1. The topological polar surface area (TPSA) is 93.4 Å². The molecule has 0 atom stereocenters. The van der Waals surface area contributed by atoms with Gasteiger partial charge < -0.3 is 19.1 Å². The molecule has 0 N–H and O–H groups in total. The highest BCUT2D eigenvalue weighted by molar-refractivity contribution is 5.46. The molecule has 140 valence electrons. The average molecular weight is 367 g/mol. The Morgan fingerprint density at radius 2 is 1.96 bits per heavy atom. The highest BCUT2D eigenvalue weighted by atomic mass is 16.7. The van der Waals surface area contributed by atoms with Crippen molar-refractivity contribution in [2.24, 2.45) is 0 Å². The third-order valence-corrected chi connectivity index (χ3v) is 4.95. The summed E-state index contributed by atoms with van der Waals surface area (Å²) in [6, 6.07) is 8.39. The Labute approximate surface area is 157 Å². The Morgan fingerprint density at radius 3 is 2.74 bits per heavy atom. The second kappa shape index (κ2) is 7.66. The van der Waals surface area contributed by atoms with Crippen LogP contribution < -0.4 is 19.1 Å². The van der Waals surface area contributed by atoms with Gasteiger partial charge in [-0.25, -0.2) is 0 Å². The van der Waals surface area contributed by atoms with Crippen molar-refractivity contribution < 1.29 is 14.2 Å². The van der Waals surface area contributed by atoms with Crippen LogP contribution in [0.3, 0.4) is 0 Å². The number of anilines is 1. The molecule has 2 heterocycles. The van der Waals surface area contributed by atoms with Gasteiger partial charge in [-0.3, -0.25) is 0 Å². The van der Waals surface area contributed by atoms with Gasteiger partial charge in [0, 0.05) is 12.6 Å². The summed E-state index contributed by atoms with van der Waals surface area (Å²) in [5.74, 6) is 2.05. The molecule has 1 saturated carbocycles. The molecule has 8 nitrogen and oxygen atoms in total. The zero-order valence-corrected chi connectivity index (χ0v) is 15.2. The summed E-state index contributed by atoms with van der Waals surface area (Å²) in [6.45, 7) is 0.862. The van der Waals surface area contributed by atoms with E-state index < -0.39 is 0 Å². The fraction of sp³-hybridized carbons (Fsp3) is 0.474. The molecule has 2 aliphatic rings. The average Bonchev–Trinajstić information content (AvgIpc) is 3.20. The van der Waals surface area contributed by atoms with Crippen molar-refractivity contribution in [1.29, 1.82) is 5.26 Å². The van der Waals surface area contributed by atoms with Crippen LogP contribution in [-0.4, -0.2) is 34.9 Å². The van der Waals surface area contributed by atoms with E-state index in [0.29, 0.717) is 18.5 Å². The fourth-order valence-electron chi connectivity index (χ4n) is 3.61. The molecule has 0 spiro atoms. The maximum absolute atomic E-state index is 9.26. The maximum atomic E-state index is 9.26. The van der Waals surface area contributed by atoms with Crippen molar-refractivity contribution in [3.8, 4) is 23.6 Å². The second-order valence-electron chi connectivity index (χ2n) is 6.66. The van der Waals surface area contributed by atoms with Crippen LogP contribution in [-0.2, 0) is 6.54 Å². The van der Waals surface area contributed by atoms with E-state index in [-0.39, 0.29) is 18.6 Å². The first-order chi connectivity index (χ1) is 13.3. The van der Waals surface area contributed by atoms with Gasteiger partial charge in [-0.05, 0) is 30.5 Å². The minimum absolute atomic E-state index is 0.0587. The summed E-state index contributed by atoms with van der Waals surface area (Å²) >= 11 is 0. The number of fused-ring (bicyclic) bond motifs is 1. The molecule has 27 heavy (non-hydrogen) atoms. The lowest BCUT2D eigenvalue weighted by Crippen LogP contribution is -2.37. The number of ether oxygens (including phenoxy) is 3. The van der Waals surface area contributed by atoms with Gasteiger partial charge in [0.05, 0.1) is 7.11 Å². The van der Waals surface area contributed by atoms with Gasteiger partial charge in [0.1, 0.15) is 6.07 Å². The van der Waals surface area contributed by atoms with Crippen molar-refractivity contribution in [2.75, 3.05) is 18.8 Å². The van der Waals surface area contributed by atoms with Gasteiger partial charge in [0.15, 0.2) is 11.5 Å². The highest BCUT2D eigenvalue weighted by Gasteiger charge is 2.26. The minimum Gasteiger partial charge on any atom is -0.467 e. The number of hydrogen-bond acceptors (Lipinski definition) is 8. The minimum atomic E-state index is 0.0587. The molecule has 1 aromatic carbocycles. The molecule has 1 aliphatic carbocycles. The molecule has 1 fully saturated rings. The molecule has 1 aromatic heterocycles. The van der Waals surface area contributed by atoms with Crippen molar-refractivity contribution in [3.05, 3.63) is 29.6 Å². The summed E-state index contributed by atoms with van der Waals surface area (Å²) in [5.41, 5.74) is 1.07. The monoisotopic (exact) mass is 367 g/mol. The van der Waals surface area contributed by atoms with Crippen LogP contribution in [0.1, 0.15) is 43.5 Å². The van der Waals surface area contributed by atoms with Crippen LogP contribution in [0.4, 0.5) is 5.95 Å². The smallest absolute Gasteiger partial charge is 0.322 e. The molecule has 0 saturated heterocycles. The SMILES string of the molecule is COc1nc(C#N)nc(N(Cc2ccc3c(c2)OCO3)C2CCCCC2)n1. The summed E-state index contributed by atoms with van der Waals surface area (Å²) in [7, 11) is 1.49. The van der Waals surface area contributed by atoms with E-state index in [1.54, 1.807) is 0 Å². The van der Waals surface area contributed by atoms with E-state index in [9.17, 15) is 5.26 Å². The Hall–Kier alpha value is -3.08. The third kappa shape index (κ3) is 3.72. The van der Waals surface area contributed by atoms with Crippen LogP contribution in [0.2, 0.25) is 0 Å². The Kier molecular flexibility index (Phi) is 4.92. The zero-order valence-electron chi connectivity index (χ0n) is 15.2. The standard InChI is InChI=1S/C19H21N5O3/c1-25-19-22-17(10-20)21-18(23-19)24(14-5-3-2-4-6-14)11-13-7-8-15-16(9-13)27-12-26-15/h7-9,14H,2-6,11-12H2,1H3. The largest absolute Gasteiger partial charge is 0.467 e. The van der Waals surface area contributed by atoms with E-state index in [0.717, 1.165) is 29.9 Å². The number of benzene rings is 1. The van der Waals surface area contributed by atoms with Crippen LogP contribution >= 0.6 is 0 Å². The molecule has 0 radical (unpaired) electrons. The first-order valence-corrected chi connectivity index (χ1v) is 9.12. The van der Waals surface area contributed by atoms with Gasteiger partial charge in [-0.1, -0.05) is 25.3 Å². The fourth-order valence-corrected chi connectivity index (χ4v) is 3.61. The molecule has 2 aromatic rings. The van der Waals surface area contributed by atoms with E-state index in [2.05, 4.69) is 19.9 Å². The van der Waals surface area contributed by atoms with E-state index in [4.69, 9.17) is 14.2 Å². The summed E-state index contributed by atoms with van der Waals surface area (Å²) in [6.07, 6.45) is 5.74. The predicted octanol–water partition coefficient (Wildman–Crippen LogP) is 2.82. The summed E-state index contributed by atoms with van der Waals surface area (Å²) in [4.78, 5) is 14.9. The van der Waals surface area contributed by atoms with Gasteiger partial charge in [0.2, 0.25) is 18.6 Å². The van der Waals surface area contributed by atoms with E-state index >= 15 is 0 Å². The van der Waals surface area contributed by atoms with Crippen LogP contribution in [0.15, 0.2) is 18.2 Å². The highest BCUT2D eigenvalue weighted by Crippen LogP contribution is 2.34. The van der Waals surface area contributed by atoms with Crippen molar-refractivity contribution >= 4 is 5.95 Å². The van der Waals surface area contributed by atoms with Crippen LogP contribution in [0, 0.1) is 11.3 Å². The molecular formula is C19H21N5O3.